The normalized spacial score (nSPS) is 23.0. The minimum atomic E-state index is 0.0223. The van der Waals surface area contributed by atoms with Crippen LogP contribution in [-0.4, -0.2) is 38.1 Å². The molecule has 2 aromatic heterocycles. The second-order valence-corrected chi connectivity index (χ2v) is 8.39. The second kappa shape index (κ2) is 7.21. The van der Waals surface area contributed by atoms with Gasteiger partial charge in [-0.1, -0.05) is 24.6 Å². The van der Waals surface area contributed by atoms with Crippen molar-refractivity contribution in [3.8, 4) is 11.4 Å². The minimum Gasteiger partial charge on any atom is -0.330 e. The van der Waals surface area contributed by atoms with E-state index in [1.165, 1.54) is 45.2 Å². The van der Waals surface area contributed by atoms with Crippen molar-refractivity contribution >= 4 is 10.9 Å². The molecule has 0 unspecified atom stereocenters. The topological polar surface area (TPSA) is 43.1 Å². The minimum absolute atomic E-state index is 0.0223. The third-order valence-corrected chi connectivity index (χ3v) is 6.75. The van der Waals surface area contributed by atoms with Crippen LogP contribution in [0.15, 0.2) is 47.5 Å². The van der Waals surface area contributed by atoms with E-state index in [1.54, 1.807) is 4.57 Å². The quantitative estimate of drug-likeness (QED) is 0.701. The molecule has 0 amide bonds. The number of hydrogen-bond acceptors (Lipinski definition) is 3. The summed E-state index contributed by atoms with van der Waals surface area (Å²) in [6.45, 7) is 3.46. The summed E-state index contributed by atoms with van der Waals surface area (Å²) in [7, 11) is 1.85. The van der Waals surface area contributed by atoms with Crippen molar-refractivity contribution in [2.45, 2.75) is 44.7 Å². The molecule has 4 heterocycles. The lowest BCUT2D eigenvalue weighted by Gasteiger charge is -2.44. The van der Waals surface area contributed by atoms with E-state index in [0.717, 1.165) is 23.3 Å². The van der Waals surface area contributed by atoms with E-state index < -0.39 is 0 Å². The summed E-state index contributed by atoms with van der Waals surface area (Å²) in [5.74, 6) is 1.45. The maximum atomic E-state index is 13.1. The number of piperidine rings is 2. The Morgan fingerprint density at radius 2 is 1.96 bits per heavy atom. The van der Waals surface area contributed by atoms with Crippen molar-refractivity contribution < 1.29 is 0 Å². The van der Waals surface area contributed by atoms with Gasteiger partial charge in [0.1, 0.15) is 5.82 Å². The number of rotatable bonds is 3. The van der Waals surface area contributed by atoms with Crippen molar-refractivity contribution in [1.29, 1.82) is 0 Å². The zero-order chi connectivity index (χ0) is 19.1. The first-order valence-electron chi connectivity index (χ1n) is 10.6. The van der Waals surface area contributed by atoms with Crippen LogP contribution in [0.4, 0.5) is 0 Å². The lowest BCUT2D eigenvalue weighted by Crippen LogP contribution is -2.49. The predicted octanol–water partition coefficient (Wildman–Crippen LogP) is 3.67. The number of aromatic nitrogens is 3. The van der Waals surface area contributed by atoms with Crippen molar-refractivity contribution in [1.82, 2.24) is 19.0 Å². The molecule has 0 bridgehead atoms. The summed E-state index contributed by atoms with van der Waals surface area (Å²) in [4.78, 5) is 20.4. The fourth-order valence-electron chi connectivity index (χ4n) is 5.33. The van der Waals surface area contributed by atoms with Crippen LogP contribution in [0, 0.1) is 5.92 Å². The lowest BCUT2D eigenvalue weighted by molar-refractivity contribution is 0.0521. The van der Waals surface area contributed by atoms with E-state index in [4.69, 9.17) is 0 Å². The van der Waals surface area contributed by atoms with Crippen molar-refractivity contribution in [3.63, 3.8) is 0 Å². The number of para-hydroxylation sites is 1. The number of benzene rings is 1. The number of pyridine rings is 1. The van der Waals surface area contributed by atoms with Gasteiger partial charge in [0.25, 0.3) is 5.56 Å². The Balaban J connectivity index is 1.51. The van der Waals surface area contributed by atoms with Gasteiger partial charge < -0.3 is 14.0 Å². The number of fused-ring (bicyclic) bond motifs is 2. The molecule has 2 aliphatic heterocycles. The number of aryl methyl sites for hydroxylation is 1. The van der Waals surface area contributed by atoms with E-state index >= 15 is 0 Å². The molecule has 2 fully saturated rings. The maximum Gasteiger partial charge on any atom is 0.261 e. The van der Waals surface area contributed by atoms with Crippen molar-refractivity contribution in [2.75, 3.05) is 13.1 Å². The lowest BCUT2D eigenvalue weighted by atomic mass is 9.83. The molecule has 5 rings (SSSR count). The molecule has 0 aliphatic carbocycles. The molecule has 5 nitrogen and oxygen atoms in total. The number of imidazole rings is 1. The highest BCUT2D eigenvalue weighted by atomic mass is 16.1. The fourth-order valence-corrected chi connectivity index (χ4v) is 5.33. The summed E-state index contributed by atoms with van der Waals surface area (Å²) in [5, 5.41) is 1.07. The van der Waals surface area contributed by atoms with Crippen LogP contribution in [-0.2, 0) is 13.6 Å². The van der Waals surface area contributed by atoms with Gasteiger partial charge in [-0.25, -0.2) is 4.98 Å². The molecule has 28 heavy (non-hydrogen) atoms. The molecule has 1 aromatic carbocycles. The van der Waals surface area contributed by atoms with Crippen LogP contribution in [0.2, 0.25) is 0 Å². The van der Waals surface area contributed by atoms with E-state index in [0.29, 0.717) is 17.5 Å². The molecule has 5 heteroatoms. The van der Waals surface area contributed by atoms with Crippen LogP contribution < -0.4 is 5.56 Å². The predicted molar refractivity (Wildman–Crippen MR) is 112 cm³/mol. The highest BCUT2D eigenvalue weighted by Crippen LogP contribution is 2.32. The van der Waals surface area contributed by atoms with Crippen molar-refractivity contribution in [2.24, 2.45) is 13.0 Å². The summed E-state index contributed by atoms with van der Waals surface area (Å²) < 4.78 is 3.96. The van der Waals surface area contributed by atoms with Crippen LogP contribution in [0.25, 0.3) is 22.3 Å². The summed E-state index contributed by atoms with van der Waals surface area (Å²) in [6.07, 6.45) is 10.4. The number of nitrogens with zero attached hydrogens (tertiary/aromatic N) is 4. The van der Waals surface area contributed by atoms with E-state index in [2.05, 4.69) is 20.5 Å². The molecule has 3 aromatic rings. The maximum absolute atomic E-state index is 13.1. The molecule has 2 saturated heterocycles. The van der Waals surface area contributed by atoms with Gasteiger partial charge in [0.15, 0.2) is 0 Å². The van der Waals surface area contributed by atoms with Crippen LogP contribution in [0.3, 0.4) is 0 Å². The first-order valence-corrected chi connectivity index (χ1v) is 10.6. The third kappa shape index (κ3) is 2.98. The van der Waals surface area contributed by atoms with Crippen molar-refractivity contribution in [3.05, 3.63) is 53.1 Å². The Morgan fingerprint density at radius 3 is 2.89 bits per heavy atom. The Hall–Kier alpha value is -2.40. The second-order valence-electron chi connectivity index (χ2n) is 8.39. The van der Waals surface area contributed by atoms with Gasteiger partial charge in [0.05, 0.1) is 11.1 Å². The first-order chi connectivity index (χ1) is 13.7. The summed E-state index contributed by atoms with van der Waals surface area (Å²) >= 11 is 0. The van der Waals surface area contributed by atoms with Crippen LogP contribution in [0.5, 0.6) is 0 Å². The van der Waals surface area contributed by atoms with Crippen LogP contribution >= 0.6 is 0 Å². The molecular formula is C23H28N4O. The standard InChI is InChI=1S/C23H28N4O/c1-25-20-9-3-2-7-17(20)15-19(23(25)28)22-24-11-14-27(22)16-18-8-6-13-26-12-5-4-10-21(18)26/h2-3,7,9,11,14-15,18,21H,4-6,8,10,12-13,16H2,1H3/t18-,21+/m0/s1. The van der Waals surface area contributed by atoms with Gasteiger partial charge in [-0.15, -0.1) is 0 Å². The van der Waals surface area contributed by atoms with Gasteiger partial charge in [-0.3, -0.25) is 4.79 Å². The van der Waals surface area contributed by atoms with Gasteiger partial charge in [-0.2, -0.15) is 0 Å². The first kappa shape index (κ1) is 17.7. The summed E-state index contributed by atoms with van der Waals surface area (Å²) in [6, 6.07) is 10.7. The molecule has 2 aliphatic rings. The van der Waals surface area contributed by atoms with Gasteiger partial charge >= 0.3 is 0 Å². The van der Waals surface area contributed by atoms with Gasteiger partial charge in [-0.05, 0) is 62.2 Å². The highest BCUT2D eigenvalue weighted by molar-refractivity contribution is 5.83. The molecule has 0 spiro atoms. The Morgan fingerprint density at radius 1 is 1.11 bits per heavy atom. The average Bonchev–Trinajstić information content (AvgIpc) is 3.19. The van der Waals surface area contributed by atoms with E-state index in [-0.39, 0.29) is 5.56 Å². The number of hydrogen-bond donors (Lipinski definition) is 0. The monoisotopic (exact) mass is 376 g/mol. The Labute approximate surface area is 165 Å². The zero-order valence-electron chi connectivity index (χ0n) is 16.6. The molecule has 0 saturated carbocycles. The molecule has 0 N–H and O–H groups in total. The van der Waals surface area contributed by atoms with E-state index in [1.807, 2.05) is 43.7 Å². The Bertz CT molecular complexity index is 1050. The third-order valence-electron chi connectivity index (χ3n) is 6.75. The molecule has 0 radical (unpaired) electrons. The fraction of sp³-hybridized carbons (Fsp3) is 0.478. The van der Waals surface area contributed by atoms with E-state index in [9.17, 15) is 4.79 Å². The molecule has 146 valence electrons. The molecular weight excluding hydrogens is 348 g/mol. The van der Waals surface area contributed by atoms with Gasteiger partial charge in [0, 0.05) is 32.0 Å². The smallest absolute Gasteiger partial charge is 0.261 e. The largest absolute Gasteiger partial charge is 0.330 e. The SMILES string of the molecule is Cn1c(=O)c(-c2nccn2C[C@@H]2CCCN3CCCC[C@H]23)cc2ccccc21. The zero-order valence-corrected chi connectivity index (χ0v) is 16.6. The average molecular weight is 377 g/mol. The highest BCUT2D eigenvalue weighted by Gasteiger charge is 2.33. The summed E-state index contributed by atoms with van der Waals surface area (Å²) in [5.41, 5.74) is 1.68. The Kier molecular flexibility index (Phi) is 4.55. The van der Waals surface area contributed by atoms with Crippen LogP contribution in [0.1, 0.15) is 32.1 Å². The van der Waals surface area contributed by atoms with Gasteiger partial charge in [0.2, 0.25) is 0 Å². The molecule has 2 atom stereocenters.